The van der Waals surface area contributed by atoms with Crippen molar-refractivity contribution >= 4 is 0 Å². The summed E-state index contributed by atoms with van der Waals surface area (Å²) in [6, 6.07) is 1.07. The predicted molar refractivity (Wildman–Crippen MR) is 38.9 cm³/mol. The molecule has 0 aliphatic heterocycles. The van der Waals surface area contributed by atoms with Crippen LogP contribution in [-0.4, -0.2) is 11.7 Å². The van der Waals surface area contributed by atoms with E-state index in [0.717, 1.165) is 0 Å². The van der Waals surface area contributed by atoms with Gasteiger partial charge in [0.25, 0.3) is 0 Å². The van der Waals surface area contributed by atoms with Crippen LogP contribution in [0.25, 0.3) is 0 Å². The number of ether oxygens (including phenoxy) is 1. The minimum atomic E-state index is -3.15. The lowest BCUT2D eigenvalue weighted by atomic mass is 10.2. The van der Waals surface area contributed by atoms with Gasteiger partial charge in [-0.1, -0.05) is 0 Å². The minimum absolute atomic E-state index is 0.232. The third-order valence-corrected chi connectivity index (χ3v) is 1.49. The fourth-order valence-corrected chi connectivity index (χ4v) is 0.899. The maximum absolute atomic E-state index is 12.6. The average molecular weight is 210 g/mol. The first-order valence-corrected chi connectivity index (χ1v) is 3.58. The molecule has 1 aromatic rings. The third-order valence-electron chi connectivity index (χ3n) is 1.49. The lowest BCUT2D eigenvalue weighted by Gasteiger charge is -2.09. The van der Waals surface area contributed by atoms with E-state index in [0.29, 0.717) is 12.1 Å². The normalized spacial score (nSPS) is 10.7. The maximum atomic E-state index is 12.6. The van der Waals surface area contributed by atoms with Gasteiger partial charge in [0, 0.05) is 11.6 Å². The van der Waals surface area contributed by atoms with Crippen LogP contribution in [0.3, 0.4) is 0 Å². The van der Waals surface area contributed by atoms with Gasteiger partial charge in [-0.15, -0.1) is 0 Å². The van der Waals surface area contributed by atoms with Gasteiger partial charge in [0.15, 0.2) is 11.6 Å². The van der Waals surface area contributed by atoms with Gasteiger partial charge in [-0.05, 0) is 6.07 Å². The summed E-state index contributed by atoms with van der Waals surface area (Å²) in [5.41, 5.74) is -0.232. The molecule has 78 valence electrons. The van der Waals surface area contributed by atoms with Crippen LogP contribution >= 0.6 is 0 Å². The van der Waals surface area contributed by atoms with Crippen LogP contribution < -0.4 is 4.74 Å². The van der Waals surface area contributed by atoms with Crippen LogP contribution in [0, 0.1) is 11.6 Å². The van der Waals surface area contributed by atoms with Crippen molar-refractivity contribution < 1.29 is 27.4 Å². The molecule has 0 aliphatic rings. The molecule has 0 aliphatic carbocycles. The van der Waals surface area contributed by atoms with E-state index >= 15 is 0 Å². The Kier molecular flexibility index (Phi) is 3.29. The molecule has 0 aromatic heterocycles. The second-order valence-corrected chi connectivity index (χ2v) is 2.41. The topological polar surface area (TPSA) is 29.5 Å². The second-order valence-electron chi connectivity index (χ2n) is 2.41. The zero-order valence-electron chi connectivity index (χ0n) is 6.81. The summed E-state index contributed by atoms with van der Waals surface area (Å²) in [4.78, 5) is 0. The fourth-order valence-electron chi connectivity index (χ4n) is 0.899. The highest BCUT2D eigenvalue weighted by molar-refractivity contribution is 5.34. The Labute approximate surface area is 76.7 Å². The Morgan fingerprint density at radius 1 is 1.21 bits per heavy atom. The average Bonchev–Trinajstić information content (AvgIpc) is 2.10. The van der Waals surface area contributed by atoms with Gasteiger partial charge in [0.1, 0.15) is 5.75 Å². The van der Waals surface area contributed by atoms with Crippen molar-refractivity contribution in [1.82, 2.24) is 0 Å². The molecule has 2 nitrogen and oxygen atoms in total. The van der Waals surface area contributed by atoms with Crippen LogP contribution in [0.1, 0.15) is 5.56 Å². The lowest BCUT2D eigenvalue weighted by Crippen LogP contribution is -2.05. The fraction of sp³-hybridized carbons (Fsp3) is 0.250. The highest BCUT2D eigenvalue weighted by Gasteiger charge is 2.13. The van der Waals surface area contributed by atoms with Crippen LogP contribution in [0.4, 0.5) is 17.6 Å². The molecule has 0 unspecified atom stereocenters. The van der Waals surface area contributed by atoms with E-state index in [4.69, 9.17) is 5.11 Å². The number of aliphatic hydroxyl groups is 1. The van der Waals surface area contributed by atoms with E-state index in [9.17, 15) is 17.6 Å². The summed E-state index contributed by atoms with van der Waals surface area (Å²) in [7, 11) is 0. The second kappa shape index (κ2) is 4.28. The monoisotopic (exact) mass is 210 g/mol. The van der Waals surface area contributed by atoms with Crippen molar-refractivity contribution in [2.24, 2.45) is 0 Å². The van der Waals surface area contributed by atoms with E-state index < -0.39 is 30.6 Å². The zero-order valence-corrected chi connectivity index (χ0v) is 6.81. The first-order valence-electron chi connectivity index (χ1n) is 3.58. The first kappa shape index (κ1) is 10.8. The van der Waals surface area contributed by atoms with Gasteiger partial charge >= 0.3 is 6.61 Å². The number of hydrogen-bond donors (Lipinski definition) is 1. The Morgan fingerprint density at radius 2 is 1.79 bits per heavy atom. The molecule has 0 radical (unpaired) electrons. The van der Waals surface area contributed by atoms with Gasteiger partial charge in [-0.3, -0.25) is 0 Å². The van der Waals surface area contributed by atoms with Crippen molar-refractivity contribution in [3.8, 4) is 5.75 Å². The molecular weight excluding hydrogens is 204 g/mol. The smallest absolute Gasteiger partial charge is 0.387 e. The molecule has 0 spiro atoms. The lowest BCUT2D eigenvalue weighted by molar-refractivity contribution is -0.0511. The molecule has 1 aromatic carbocycles. The Morgan fingerprint density at radius 3 is 2.29 bits per heavy atom. The standard InChI is InChI=1S/C8H6F4O2/c9-5-1-4(3-13)7(2-6(5)10)14-8(11)12/h1-2,8,13H,3H2. The van der Waals surface area contributed by atoms with E-state index in [1.807, 2.05) is 0 Å². The Hall–Kier alpha value is -1.30. The summed E-state index contributed by atoms with van der Waals surface area (Å²) >= 11 is 0. The van der Waals surface area contributed by atoms with Gasteiger partial charge in [0.2, 0.25) is 0 Å². The highest BCUT2D eigenvalue weighted by Crippen LogP contribution is 2.23. The predicted octanol–water partition coefficient (Wildman–Crippen LogP) is 2.06. The summed E-state index contributed by atoms with van der Waals surface area (Å²) < 4.78 is 52.5. The number of alkyl halides is 2. The largest absolute Gasteiger partial charge is 0.434 e. The summed E-state index contributed by atoms with van der Waals surface area (Å²) in [6.45, 7) is -3.86. The summed E-state index contributed by atoms with van der Waals surface area (Å²) in [5.74, 6) is -3.10. The number of hydrogen-bond acceptors (Lipinski definition) is 2. The SMILES string of the molecule is OCc1cc(F)c(F)cc1OC(F)F. The molecule has 0 saturated carbocycles. The van der Waals surface area contributed by atoms with E-state index in [-0.39, 0.29) is 5.56 Å². The molecule has 0 fully saturated rings. The van der Waals surface area contributed by atoms with Crippen molar-refractivity contribution in [2.45, 2.75) is 13.2 Å². The number of benzene rings is 1. The summed E-state index contributed by atoms with van der Waals surface area (Å²) in [6.07, 6.45) is 0. The Balaban J connectivity index is 3.07. The van der Waals surface area contributed by atoms with Crippen molar-refractivity contribution in [3.05, 3.63) is 29.3 Å². The molecular formula is C8H6F4O2. The van der Waals surface area contributed by atoms with Crippen molar-refractivity contribution in [3.63, 3.8) is 0 Å². The van der Waals surface area contributed by atoms with Gasteiger partial charge in [-0.2, -0.15) is 8.78 Å². The van der Waals surface area contributed by atoms with Gasteiger partial charge in [0.05, 0.1) is 6.61 Å². The molecule has 0 amide bonds. The molecule has 0 heterocycles. The van der Waals surface area contributed by atoms with Crippen LogP contribution in [-0.2, 0) is 6.61 Å². The van der Waals surface area contributed by atoms with Gasteiger partial charge in [-0.25, -0.2) is 8.78 Å². The Bertz CT molecular complexity index is 327. The van der Waals surface area contributed by atoms with E-state index in [1.165, 1.54) is 0 Å². The number of rotatable bonds is 3. The maximum Gasteiger partial charge on any atom is 0.387 e. The van der Waals surface area contributed by atoms with E-state index in [2.05, 4.69) is 4.74 Å². The zero-order chi connectivity index (χ0) is 10.7. The molecule has 0 atom stereocenters. The minimum Gasteiger partial charge on any atom is -0.434 e. The van der Waals surface area contributed by atoms with Crippen molar-refractivity contribution in [2.75, 3.05) is 0 Å². The highest BCUT2D eigenvalue weighted by atomic mass is 19.3. The van der Waals surface area contributed by atoms with Crippen LogP contribution in [0.2, 0.25) is 0 Å². The molecule has 1 rings (SSSR count). The molecule has 0 saturated heterocycles. The molecule has 1 N–H and O–H groups in total. The molecule has 14 heavy (non-hydrogen) atoms. The number of halogens is 4. The molecule has 6 heteroatoms. The quantitative estimate of drug-likeness (QED) is 0.773. The van der Waals surface area contributed by atoms with E-state index in [1.54, 1.807) is 0 Å². The number of aliphatic hydroxyl groups excluding tert-OH is 1. The summed E-state index contributed by atoms with van der Waals surface area (Å²) in [5, 5.41) is 8.63. The van der Waals surface area contributed by atoms with Gasteiger partial charge < -0.3 is 9.84 Å². The third kappa shape index (κ3) is 2.35. The van der Waals surface area contributed by atoms with Crippen LogP contribution in [0.15, 0.2) is 12.1 Å². The molecule has 0 bridgehead atoms. The van der Waals surface area contributed by atoms with Crippen LogP contribution in [0.5, 0.6) is 5.75 Å². The first-order chi connectivity index (χ1) is 6.54. The van der Waals surface area contributed by atoms with Crippen molar-refractivity contribution in [1.29, 1.82) is 0 Å².